The lowest BCUT2D eigenvalue weighted by molar-refractivity contribution is 0.187. The molecule has 2 N–H and O–H groups in total. The van der Waals surface area contributed by atoms with Gasteiger partial charge in [0.25, 0.3) is 0 Å². The fraction of sp³-hybridized carbons (Fsp3) is 0.667. The average Bonchev–Trinajstić information content (AvgIpc) is 2.44. The van der Waals surface area contributed by atoms with Gasteiger partial charge in [-0.15, -0.1) is 0 Å². The largest absolute Gasteiger partial charge is 0.502 e. The van der Waals surface area contributed by atoms with Gasteiger partial charge in [0.1, 0.15) is 12.0 Å². The van der Waals surface area contributed by atoms with Crippen molar-refractivity contribution in [2.75, 3.05) is 26.2 Å². The van der Waals surface area contributed by atoms with E-state index in [9.17, 15) is 9.90 Å². The molecule has 0 aliphatic carbocycles. The summed E-state index contributed by atoms with van der Waals surface area (Å²) >= 11 is 0. The van der Waals surface area contributed by atoms with Crippen LogP contribution in [-0.4, -0.2) is 36.2 Å². The topological polar surface area (TPSA) is 65.7 Å². The fourth-order valence-corrected chi connectivity index (χ4v) is 2.74. The quantitative estimate of drug-likeness (QED) is 0.828. The summed E-state index contributed by atoms with van der Waals surface area (Å²) in [7, 11) is 0. The third kappa shape index (κ3) is 4.35. The molecule has 0 bridgehead atoms. The molecular formula is C15H24N2O3. The van der Waals surface area contributed by atoms with Crippen molar-refractivity contribution in [3.8, 4) is 5.75 Å². The smallest absolute Gasteiger partial charge is 0.226 e. The van der Waals surface area contributed by atoms with Gasteiger partial charge in [-0.25, -0.2) is 0 Å². The number of nitrogens with one attached hydrogen (secondary N) is 1. The molecule has 1 aliphatic heterocycles. The Kier molecular flexibility index (Phi) is 5.61. The van der Waals surface area contributed by atoms with Crippen LogP contribution < -0.4 is 10.7 Å². The van der Waals surface area contributed by atoms with Crippen molar-refractivity contribution < 1.29 is 9.52 Å². The average molecular weight is 280 g/mol. The third-order valence-electron chi connectivity index (χ3n) is 3.70. The second-order valence-corrected chi connectivity index (χ2v) is 5.54. The minimum Gasteiger partial charge on any atom is -0.502 e. The molecule has 1 atom stereocenters. The zero-order valence-electron chi connectivity index (χ0n) is 12.1. The van der Waals surface area contributed by atoms with E-state index in [2.05, 4.69) is 17.1 Å². The lowest BCUT2D eigenvalue weighted by atomic mass is 9.99. The zero-order chi connectivity index (χ0) is 14.4. The van der Waals surface area contributed by atoms with Gasteiger partial charge in [-0.3, -0.25) is 9.69 Å². The highest BCUT2D eigenvalue weighted by Crippen LogP contribution is 2.14. The van der Waals surface area contributed by atoms with Gasteiger partial charge in [-0.05, 0) is 44.8 Å². The van der Waals surface area contributed by atoms with Gasteiger partial charge < -0.3 is 14.8 Å². The maximum Gasteiger partial charge on any atom is 0.226 e. The molecule has 1 aliphatic rings. The number of piperidine rings is 1. The number of hydrogen-bond donors (Lipinski definition) is 2. The number of aromatic hydroxyl groups is 1. The molecule has 0 aromatic carbocycles. The molecule has 112 valence electrons. The Bertz CT molecular complexity index is 466. The summed E-state index contributed by atoms with van der Waals surface area (Å²) < 4.78 is 5.30. The predicted octanol–water partition coefficient (Wildman–Crippen LogP) is 1.56. The van der Waals surface area contributed by atoms with Gasteiger partial charge in [0, 0.05) is 12.6 Å². The molecule has 0 radical (unpaired) electrons. The molecule has 0 saturated carbocycles. The second kappa shape index (κ2) is 7.45. The van der Waals surface area contributed by atoms with E-state index in [0.717, 1.165) is 38.9 Å². The summed E-state index contributed by atoms with van der Waals surface area (Å²) in [6.07, 6.45) is 4.69. The van der Waals surface area contributed by atoms with E-state index in [0.29, 0.717) is 18.2 Å². The maximum absolute atomic E-state index is 11.4. The van der Waals surface area contributed by atoms with E-state index in [-0.39, 0.29) is 11.2 Å². The highest BCUT2D eigenvalue weighted by Gasteiger charge is 2.17. The van der Waals surface area contributed by atoms with Crippen molar-refractivity contribution in [1.29, 1.82) is 0 Å². The van der Waals surface area contributed by atoms with Gasteiger partial charge in [-0.2, -0.15) is 0 Å². The SMILES string of the molecule is CCCN(Cc1cc(=O)c(O)co1)CC1CCCNC1. The minimum atomic E-state index is -0.373. The molecule has 0 amide bonds. The molecule has 1 saturated heterocycles. The van der Waals surface area contributed by atoms with Crippen LogP contribution in [0.25, 0.3) is 0 Å². The van der Waals surface area contributed by atoms with Crippen LogP contribution in [0.1, 0.15) is 31.9 Å². The van der Waals surface area contributed by atoms with Crippen LogP contribution >= 0.6 is 0 Å². The summed E-state index contributed by atoms with van der Waals surface area (Å²) in [4.78, 5) is 13.8. The molecular weight excluding hydrogens is 256 g/mol. The molecule has 2 rings (SSSR count). The minimum absolute atomic E-state index is 0.327. The van der Waals surface area contributed by atoms with E-state index >= 15 is 0 Å². The van der Waals surface area contributed by atoms with Crippen LogP contribution in [0.2, 0.25) is 0 Å². The van der Waals surface area contributed by atoms with Gasteiger partial charge >= 0.3 is 0 Å². The van der Waals surface area contributed by atoms with E-state index < -0.39 is 0 Å². The molecule has 1 aromatic rings. The zero-order valence-corrected chi connectivity index (χ0v) is 12.1. The van der Waals surface area contributed by atoms with Gasteiger partial charge in [0.05, 0.1) is 6.54 Å². The Labute approximate surface area is 119 Å². The van der Waals surface area contributed by atoms with Crippen LogP contribution in [0, 0.1) is 5.92 Å². The summed E-state index contributed by atoms with van der Waals surface area (Å²) in [5.74, 6) is 0.955. The van der Waals surface area contributed by atoms with Crippen molar-refractivity contribution >= 4 is 0 Å². The van der Waals surface area contributed by atoms with Crippen molar-refractivity contribution in [3.63, 3.8) is 0 Å². The molecule has 1 fully saturated rings. The van der Waals surface area contributed by atoms with Gasteiger partial charge in [0.15, 0.2) is 5.75 Å². The lowest BCUT2D eigenvalue weighted by Crippen LogP contribution is -2.38. The van der Waals surface area contributed by atoms with E-state index in [1.807, 2.05) is 0 Å². The van der Waals surface area contributed by atoms with Crippen LogP contribution in [0.4, 0.5) is 0 Å². The highest BCUT2D eigenvalue weighted by atomic mass is 16.4. The predicted molar refractivity (Wildman–Crippen MR) is 77.8 cm³/mol. The van der Waals surface area contributed by atoms with Crippen molar-refractivity contribution in [2.45, 2.75) is 32.7 Å². The van der Waals surface area contributed by atoms with Gasteiger partial charge in [0.2, 0.25) is 5.43 Å². The number of nitrogens with zero attached hydrogens (tertiary/aromatic N) is 1. The van der Waals surface area contributed by atoms with E-state index in [4.69, 9.17) is 4.42 Å². The number of rotatable bonds is 6. The van der Waals surface area contributed by atoms with Crippen LogP contribution in [0.5, 0.6) is 5.75 Å². The summed E-state index contributed by atoms with van der Waals surface area (Å²) in [5, 5.41) is 12.6. The maximum atomic E-state index is 11.4. The highest BCUT2D eigenvalue weighted by molar-refractivity contribution is 5.15. The van der Waals surface area contributed by atoms with Crippen LogP contribution in [0.3, 0.4) is 0 Å². The van der Waals surface area contributed by atoms with Crippen molar-refractivity contribution in [2.24, 2.45) is 5.92 Å². The lowest BCUT2D eigenvalue weighted by Gasteiger charge is -2.29. The standard InChI is InChI=1S/C15H24N2O3/c1-2-6-17(9-12-4-3-5-16-8-12)10-13-7-14(18)15(19)11-20-13/h7,11-12,16,19H,2-6,8-10H2,1H3. The third-order valence-corrected chi connectivity index (χ3v) is 3.70. The Balaban J connectivity index is 1.96. The summed E-state index contributed by atoms with van der Waals surface area (Å²) in [5.41, 5.74) is -0.373. The van der Waals surface area contributed by atoms with Gasteiger partial charge in [-0.1, -0.05) is 6.92 Å². The molecule has 20 heavy (non-hydrogen) atoms. The van der Waals surface area contributed by atoms with Crippen LogP contribution in [0.15, 0.2) is 21.5 Å². The second-order valence-electron chi connectivity index (χ2n) is 5.54. The number of hydrogen-bond acceptors (Lipinski definition) is 5. The Morgan fingerprint density at radius 3 is 3.05 bits per heavy atom. The first-order valence-electron chi connectivity index (χ1n) is 7.42. The first kappa shape index (κ1) is 15.1. The molecule has 0 spiro atoms. The van der Waals surface area contributed by atoms with Crippen molar-refractivity contribution in [3.05, 3.63) is 28.3 Å². The molecule has 1 aromatic heterocycles. The Hall–Kier alpha value is -1.33. The normalized spacial score (nSPS) is 19.4. The van der Waals surface area contributed by atoms with Crippen LogP contribution in [-0.2, 0) is 6.54 Å². The van der Waals surface area contributed by atoms with E-state index in [1.54, 1.807) is 0 Å². The first-order valence-corrected chi connectivity index (χ1v) is 7.42. The monoisotopic (exact) mass is 280 g/mol. The van der Waals surface area contributed by atoms with E-state index in [1.165, 1.54) is 18.9 Å². The first-order chi connectivity index (χ1) is 9.69. The molecule has 2 heterocycles. The Morgan fingerprint density at radius 1 is 1.55 bits per heavy atom. The Morgan fingerprint density at radius 2 is 2.40 bits per heavy atom. The molecule has 1 unspecified atom stereocenters. The molecule has 5 heteroatoms. The summed E-state index contributed by atoms with van der Waals surface area (Å²) in [6, 6.07) is 1.39. The summed E-state index contributed by atoms with van der Waals surface area (Å²) in [6.45, 7) is 6.97. The van der Waals surface area contributed by atoms with Crippen molar-refractivity contribution in [1.82, 2.24) is 10.2 Å². The molecule has 5 nitrogen and oxygen atoms in total. The fourth-order valence-electron chi connectivity index (χ4n) is 2.74.